The molecular weight excluding hydrogens is 416 g/mol. The topological polar surface area (TPSA) is 43.3 Å². The Bertz CT molecular complexity index is 1110. The van der Waals surface area contributed by atoms with Crippen molar-refractivity contribution in [1.82, 2.24) is 4.57 Å². The number of benzene rings is 3. The van der Waals surface area contributed by atoms with Gasteiger partial charge in [-0.05, 0) is 51.8 Å². The predicted molar refractivity (Wildman–Crippen MR) is 115 cm³/mol. The fourth-order valence-corrected chi connectivity index (χ4v) is 3.49. The molecular formula is C23H19BrN2O2. The molecule has 0 bridgehead atoms. The lowest BCUT2D eigenvalue weighted by molar-refractivity contribution is -0.116. The molecule has 0 fully saturated rings. The van der Waals surface area contributed by atoms with E-state index < -0.39 is 0 Å². The minimum Gasteiger partial charge on any atom is -0.488 e. The van der Waals surface area contributed by atoms with E-state index in [1.807, 2.05) is 89.6 Å². The lowest BCUT2D eigenvalue weighted by atomic mass is 10.2. The van der Waals surface area contributed by atoms with E-state index in [0.29, 0.717) is 6.61 Å². The van der Waals surface area contributed by atoms with Gasteiger partial charge in [0.25, 0.3) is 0 Å². The maximum absolute atomic E-state index is 12.5. The second-order valence-electron chi connectivity index (χ2n) is 6.43. The second-order valence-corrected chi connectivity index (χ2v) is 7.29. The molecule has 4 rings (SSSR count). The second kappa shape index (κ2) is 8.31. The average molecular weight is 435 g/mol. The first-order valence-electron chi connectivity index (χ1n) is 9.00. The standard InChI is InChI=1S/C23H19BrN2O2/c24-19-9-4-5-10-20(19)25-23(27)15-26-14-13-18-21(26)11-6-12-22(18)28-16-17-7-2-1-3-8-17/h1-14H,15-16H2,(H,25,27). The van der Waals surface area contributed by atoms with Crippen LogP contribution >= 0.6 is 15.9 Å². The molecule has 1 aromatic heterocycles. The molecule has 0 saturated carbocycles. The van der Waals surface area contributed by atoms with E-state index in [4.69, 9.17) is 4.74 Å². The van der Waals surface area contributed by atoms with Gasteiger partial charge in [-0.2, -0.15) is 0 Å². The van der Waals surface area contributed by atoms with E-state index in [9.17, 15) is 4.79 Å². The van der Waals surface area contributed by atoms with Crippen molar-refractivity contribution in [2.45, 2.75) is 13.2 Å². The Morgan fingerprint density at radius 1 is 0.929 bits per heavy atom. The number of carbonyl (C=O) groups excluding carboxylic acids is 1. The number of anilines is 1. The summed E-state index contributed by atoms with van der Waals surface area (Å²) in [7, 11) is 0. The molecule has 0 unspecified atom stereocenters. The summed E-state index contributed by atoms with van der Waals surface area (Å²) in [5.74, 6) is 0.728. The SMILES string of the molecule is O=C(Cn1ccc2c(OCc3ccccc3)cccc21)Nc1ccccc1Br. The molecule has 1 amide bonds. The molecule has 4 nitrogen and oxygen atoms in total. The van der Waals surface area contributed by atoms with Crippen LogP contribution in [0.2, 0.25) is 0 Å². The summed E-state index contributed by atoms with van der Waals surface area (Å²) < 4.78 is 8.80. The van der Waals surface area contributed by atoms with Gasteiger partial charge in [0.1, 0.15) is 18.9 Å². The zero-order chi connectivity index (χ0) is 19.3. The first kappa shape index (κ1) is 18.3. The molecule has 1 N–H and O–H groups in total. The zero-order valence-corrected chi connectivity index (χ0v) is 16.7. The Morgan fingerprint density at radius 3 is 2.54 bits per heavy atom. The summed E-state index contributed by atoms with van der Waals surface area (Å²) in [5.41, 5.74) is 2.84. The third-order valence-electron chi connectivity index (χ3n) is 4.47. The van der Waals surface area contributed by atoms with Crippen molar-refractivity contribution in [3.8, 4) is 5.75 Å². The first-order chi connectivity index (χ1) is 13.7. The van der Waals surface area contributed by atoms with Crippen molar-refractivity contribution in [3.63, 3.8) is 0 Å². The number of ether oxygens (including phenoxy) is 1. The number of hydrogen-bond donors (Lipinski definition) is 1. The Morgan fingerprint density at radius 2 is 1.71 bits per heavy atom. The quantitative estimate of drug-likeness (QED) is 0.427. The molecule has 0 saturated heterocycles. The minimum atomic E-state index is -0.0833. The van der Waals surface area contributed by atoms with Crippen molar-refractivity contribution >= 4 is 38.4 Å². The predicted octanol–water partition coefficient (Wildman–Crippen LogP) is 5.62. The molecule has 0 aliphatic rings. The molecule has 0 aliphatic carbocycles. The lowest BCUT2D eigenvalue weighted by Crippen LogP contribution is -2.18. The number of nitrogens with one attached hydrogen (secondary N) is 1. The van der Waals surface area contributed by atoms with Gasteiger partial charge in [0, 0.05) is 16.1 Å². The summed E-state index contributed by atoms with van der Waals surface area (Å²) in [5, 5.41) is 3.93. The molecule has 1 heterocycles. The van der Waals surface area contributed by atoms with Crippen LogP contribution in [0.5, 0.6) is 5.75 Å². The van der Waals surface area contributed by atoms with Crippen LogP contribution in [0.15, 0.2) is 89.5 Å². The average Bonchev–Trinajstić information content (AvgIpc) is 3.12. The van der Waals surface area contributed by atoms with Crippen LogP contribution in [-0.4, -0.2) is 10.5 Å². The summed E-state index contributed by atoms with van der Waals surface area (Å²) in [4.78, 5) is 12.5. The van der Waals surface area contributed by atoms with Crippen molar-refractivity contribution in [2.75, 3.05) is 5.32 Å². The van der Waals surface area contributed by atoms with E-state index in [0.717, 1.165) is 32.4 Å². The molecule has 28 heavy (non-hydrogen) atoms. The molecule has 0 spiro atoms. The fourth-order valence-electron chi connectivity index (χ4n) is 3.10. The van der Waals surface area contributed by atoms with Crippen molar-refractivity contribution < 1.29 is 9.53 Å². The smallest absolute Gasteiger partial charge is 0.244 e. The van der Waals surface area contributed by atoms with Gasteiger partial charge in [0.2, 0.25) is 5.91 Å². The van der Waals surface area contributed by atoms with E-state index in [-0.39, 0.29) is 12.5 Å². The number of aromatic nitrogens is 1. The number of para-hydroxylation sites is 1. The molecule has 0 atom stereocenters. The first-order valence-corrected chi connectivity index (χ1v) is 9.79. The van der Waals surface area contributed by atoms with Crippen LogP contribution in [0.25, 0.3) is 10.9 Å². The number of nitrogens with zero attached hydrogens (tertiary/aromatic N) is 1. The Balaban J connectivity index is 1.50. The fraction of sp³-hybridized carbons (Fsp3) is 0.0870. The van der Waals surface area contributed by atoms with Gasteiger partial charge < -0.3 is 14.6 Å². The van der Waals surface area contributed by atoms with Crippen molar-refractivity contribution in [3.05, 3.63) is 95.1 Å². The normalized spacial score (nSPS) is 10.8. The van der Waals surface area contributed by atoms with Crippen LogP contribution in [0, 0.1) is 0 Å². The van der Waals surface area contributed by atoms with Crippen LogP contribution in [0.1, 0.15) is 5.56 Å². The van der Waals surface area contributed by atoms with Gasteiger partial charge in [-0.15, -0.1) is 0 Å². The maximum atomic E-state index is 12.5. The number of halogens is 1. The molecule has 0 aliphatic heterocycles. The number of amides is 1. The van der Waals surface area contributed by atoms with Crippen molar-refractivity contribution in [1.29, 1.82) is 0 Å². The Hall–Kier alpha value is -3.05. The van der Waals surface area contributed by atoms with Crippen LogP contribution in [-0.2, 0) is 17.9 Å². The van der Waals surface area contributed by atoms with Gasteiger partial charge in [-0.1, -0.05) is 48.5 Å². The van der Waals surface area contributed by atoms with Gasteiger partial charge in [-0.3, -0.25) is 4.79 Å². The van der Waals surface area contributed by atoms with Gasteiger partial charge >= 0.3 is 0 Å². The van der Waals surface area contributed by atoms with Gasteiger partial charge in [0.05, 0.1) is 11.2 Å². The van der Waals surface area contributed by atoms with Crippen LogP contribution in [0.3, 0.4) is 0 Å². The molecule has 0 radical (unpaired) electrons. The highest BCUT2D eigenvalue weighted by Gasteiger charge is 2.11. The summed E-state index contributed by atoms with van der Waals surface area (Å²) in [6, 6.07) is 25.5. The summed E-state index contributed by atoms with van der Waals surface area (Å²) in [6.45, 7) is 0.737. The highest BCUT2D eigenvalue weighted by Crippen LogP contribution is 2.28. The van der Waals surface area contributed by atoms with E-state index in [1.165, 1.54) is 0 Å². The molecule has 4 aromatic rings. The van der Waals surface area contributed by atoms with E-state index in [2.05, 4.69) is 21.2 Å². The lowest BCUT2D eigenvalue weighted by Gasteiger charge is -2.10. The van der Waals surface area contributed by atoms with Crippen LogP contribution < -0.4 is 10.1 Å². The van der Waals surface area contributed by atoms with Crippen molar-refractivity contribution in [2.24, 2.45) is 0 Å². The highest BCUT2D eigenvalue weighted by molar-refractivity contribution is 9.10. The van der Waals surface area contributed by atoms with E-state index in [1.54, 1.807) is 0 Å². The van der Waals surface area contributed by atoms with Crippen LogP contribution in [0.4, 0.5) is 5.69 Å². The third-order valence-corrected chi connectivity index (χ3v) is 5.16. The van der Waals surface area contributed by atoms with E-state index >= 15 is 0 Å². The maximum Gasteiger partial charge on any atom is 0.244 e. The molecule has 3 aromatic carbocycles. The number of carbonyl (C=O) groups is 1. The van der Waals surface area contributed by atoms with Gasteiger partial charge in [0.15, 0.2) is 0 Å². The molecule has 140 valence electrons. The largest absolute Gasteiger partial charge is 0.488 e. The number of fused-ring (bicyclic) bond motifs is 1. The molecule has 5 heteroatoms. The summed E-state index contributed by atoms with van der Waals surface area (Å²) >= 11 is 3.45. The zero-order valence-electron chi connectivity index (χ0n) is 15.1. The number of rotatable bonds is 6. The minimum absolute atomic E-state index is 0.0833. The Labute approximate surface area is 171 Å². The van der Waals surface area contributed by atoms with Gasteiger partial charge in [-0.25, -0.2) is 0 Å². The monoisotopic (exact) mass is 434 g/mol. The Kier molecular flexibility index (Phi) is 5.44. The summed E-state index contributed by atoms with van der Waals surface area (Å²) in [6.07, 6.45) is 1.92. The highest BCUT2D eigenvalue weighted by atomic mass is 79.9. The third kappa shape index (κ3) is 4.10. The number of hydrogen-bond acceptors (Lipinski definition) is 2.